The first-order valence-electron chi connectivity index (χ1n) is 10.0. The molecule has 5 rings (SSSR count). The summed E-state index contributed by atoms with van der Waals surface area (Å²) in [5.41, 5.74) is 3.77. The van der Waals surface area contributed by atoms with Crippen LogP contribution in [0.3, 0.4) is 0 Å². The van der Waals surface area contributed by atoms with Gasteiger partial charge >= 0.3 is 0 Å². The van der Waals surface area contributed by atoms with Crippen LogP contribution in [0.4, 0.5) is 5.69 Å². The number of carbonyl (C=O) groups excluding carboxylic acids is 1. The summed E-state index contributed by atoms with van der Waals surface area (Å²) in [6.07, 6.45) is 6.33. The molecule has 1 heterocycles. The molecule has 0 radical (unpaired) electrons. The second-order valence-corrected chi connectivity index (χ2v) is 9.80. The number of fused-ring (bicyclic) bond motifs is 2. The number of amides is 1. The molecule has 1 aromatic heterocycles. The number of nitrogens with zero attached hydrogens (tertiary/aromatic N) is 1. The number of hydrogen-bond donors (Lipinski definition) is 3. The highest BCUT2D eigenvalue weighted by Gasteiger charge is 2.60. The summed E-state index contributed by atoms with van der Waals surface area (Å²) in [6, 6.07) is 5.06. The van der Waals surface area contributed by atoms with E-state index in [-0.39, 0.29) is 11.5 Å². The standard InChI is InChI=1S/C21H21N3O5S/c22-11-16-12-4-1-6-14(12)19(15-7-2-5-13(15)16)23-20(25)17-10-21(17,26)24-30(27,28)18-8-3-9-29-18/h3,8-9,17,24,26H,1-2,4-7,10H2,(H,23,25). The lowest BCUT2D eigenvalue weighted by Crippen LogP contribution is -2.40. The molecule has 8 nitrogen and oxygen atoms in total. The average Bonchev–Trinajstić information content (AvgIpc) is 3.26. The van der Waals surface area contributed by atoms with Gasteiger partial charge in [-0.2, -0.15) is 9.98 Å². The highest BCUT2D eigenvalue weighted by atomic mass is 32.2. The van der Waals surface area contributed by atoms with Crippen molar-refractivity contribution in [2.24, 2.45) is 5.92 Å². The zero-order chi connectivity index (χ0) is 21.1. The third-order valence-corrected chi connectivity index (χ3v) is 7.71. The zero-order valence-electron chi connectivity index (χ0n) is 16.2. The van der Waals surface area contributed by atoms with E-state index >= 15 is 0 Å². The summed E-state index contributed by atoms with van der Waals surface area (Å²) in [7, 11) is -4.06. The third-order valence-electron chi connectivity index (χ3n) is 6.32. The minimum atomic E-state index is -4.06. The van der Waals surface area contributed by atoms with E-state index in [0.29, 0.717) is 0 Å². The molecule has 0 spiro atoms. The van der Waals surface area contributed by atoms with Gasteiger partial charge in [-0.25, -0.2) is 8.42 Å². The number of benzene rings is 1. The molecule has 9 heteroatoms. The summed E-state index contributed by atoms with van der Waals surface area (Å²) in [5, 5.41) is 22.9. The van der Waals surface area contributed by atoms with E-state index in [1.807, 2.05) is 0 Å². The van der Waals surface area contributed by atoms with Gasteiger partial charge in [0.2, 0.25) is 11.0 Å². The van der Waals surface area contributed by atoms with Crippen molar-refractivity contribution >= 4 is 21.6 Å². The topological polar surface area (TPSA) is 132 Å². The molecule has 3 aliphatic carbocycles. The predicted octanol–water partition coefficient (Wildman–Crippen LogP) is 1.75. The molecule has 2 atom stereocenters. The smallest absolute Gasteiger partial charge is 0.276 e. The maximum absolute atomic E-state index is 12.9. The van der Waals surface area contributed by atoms with Crippen molar-refractivity contribution in [1.29, 1.82) is 5.26 Å². The van der Waals surface area contributed by atoms with Crippen LogP contribution < -0.4 is 10.0 Å². The Morgan fingerprint density at radius 3 is 2.37 bits per heavy atom. The molecule has 3 aliphatic rings. The highest BCUT2D eigenvalue weighted by molar-refractivity contribution is 7.89. The number of furan rings is 1. The summed E-state index contributed by atoms with van der Waals surface area (Å²) in [5.74, 6) is -1.32. The average molecular weight is 427 g/mol. The Morgan fingerprint density at radius 2 is 1.80 bits per heavy atom. The molecule has 0 bridgehead atoms. The number of hydrogen-bond acceptors (Lipinski definition) is 6. The number of sulfonamides is 1. The molecule has 1 saturated carbocycles. The first-order chi connectivity index (χ1) is 14.3. The maximum Gasteiger partial charge on any atom is 0.276 e. The Labute approximate surface area is 173 Å². The SMILES string of the molecule is N#Cc1c2c(c(NC(=O)C3CC3(O)NS(=O)(=O)c3ccco3)c3c1CCC3)CCC2. The molecule has 2 unspecified atom stereocenters. The largest absolute Gasteiger partial charge is 0.452 e. The lowest BCUT2D eigenvalue weighted by molar-refractivity contribution is -0.119. The van der Waals surface area contributed by atoms with Crippen LogP contribution in [0.1, 0.15) is 47.1 Å². The highest BCUT2D eigenvalue weighted by Crippen LogP contribution is 2.45. The van der Waals surface area contributed by atoms with Gasteiger partial charge in [0.25, 0.3) is 10.0 Å². The fourth-order valence-electron chi connectivity index (χ4n) is 4.83. The molecular formula is C21H21N3O5S. The number of nitrogens with one attached hydrogen (secondary N) is 2. The van der Waals surface area contributed by atoms with Gasteiger partial charge in [-0.3, -0.25) is 4.79 Å². The Morgan fingerprint density at radius 1 is 1.17 bits per heavy atom. The summed E-state index contributed by atoms with van der Waals surface area (Å²) >= 11 is 0. The molecular weight excluding hydrogens is 406 g/mol. The Hall–Kier alpha value is -2.67. The number of rotatable bonds is 5. The van der Waals surface area contributed by atoms with E-state index in [0.717, 1.165) is 72.0 Å². The van der Waals surface area contributed by atoms with Gasteiger partial charge in [0.05, 0.1) is 23.8 Å². The summed E-state index contributed by atoms with van der Waals surface area (Å²) in [6.45, 7) is 0. The molecule has 30 heavy (non-hydrogen) atoms. The summed E-state index contributed by atoms with van der Waals surface area (Å²) < 4.78 is 31.7. The normalized spacial score (nSPS) is 24.2. The second kappa shape index (κ2) is 6.67. The molecule has 156 valence electrons. The summed E-state index contributed by atoms with van der Waals surface area (Å²) in [4.78, 5) is 12.9. The van der Waals surface area contributed by atoms with Crippen molar-refractivity contribution in [3.8, 4) is 6.07 Å². The number of nitriles is 1. The van der Waals surface area contributed by atoms with E-state index in [1.165, 1.54) is 18.4 Å². The van der Waals surface area contributed by atoms with Gasteiger partial charge in [-0.1, -0.05) is 0 Å². The number of anilines is 1. The molecule has 2 aromatic rings. The minimum Gasteiger partial charge on any atom is -0.452 e. The quantitative estimate of drug-likeness (QED) is 0.623. The number of carbonyl (C=O) groups is 1. The van der Waals surface area contributed by atoms with Gasteiger partial charge < -0.3 is 14.8 Å². The molecule has 0 saturated heterocycles. The zero-order valence-corrected chi connectivity index (χ0v) is 17.0. The first-order valence-corrected chi connectivity index (χ1v) is 11.5. The molecule has 1 amide bonds. The van der Waals surface area contributed by atoms with Crippen LogP contribution in [0.5, 0.6) is 0 Å². The van der Waals surface area contributed by atoms with Gasteiger partial charge in [0.15, 0.2) is 0 Å². The van der Waals surface area contributed by atoms with E-state index in [9.17, 15) is 23.6 Å². The Kier molecular flexibility index (Phi) is 4.29. The van der Waals surface area contributed by atoms with Crippen molar-refractivity contribution in [3.63, 3.8) is 0 Å². The van der Waals surface area contributed by atoms with Gasteiger partial charge in [-0.15, -0.1) is 0 Å². The van der Waals surface area contributed by atoms with E-state index in [2.05, 4.69) is 16.1 Å². The molecule has 1 fully saturated rings. The molecule has 0 aliphatic heterocycles. The third kappa shape index (κ3) is 2.95. The van der Waals surface area contributed by atoms with Crippen LogP contribution in [0.15, 0.2) is 27.9 Å². The first kappa shape index (κ1) is 19.3. The van der Waals surface area contributed by atoms with Gasteiger partial charge in [-0.05, 0) is 72.9 Å². The van der Waals surface area contributed by atoms with Crippen molar-refractivity contribution in [2.45, 2.75) is 55.8 Å². The predicted molar refractivity (Wildman–Crippen MR) is 106 cm³/mol. The minimum absolute atomic E-state index is 0.0145. The lowest BCUT2D eigenvalue weighted by Gasteiger charge is -2.18. The lowest BCUT2D eigenvalue weighted by atomic mass is 9.92. The van der Waals surface area contributed by atoms with Crippen LogP contribution in [0, 0.1) is 17.2 Å². The maximum atomic E-state index is 12.9. The van der Waals surface area contributed by atoms with Gasteiger partial charge in [0.1, 0.15) is 5.72 Å². The second-order valence-electron chi connectivity index (χ2n) is 8.19. The van der Waals surface area contributed by atoms with Crippen LogP contribution >= 0.6 is 0 Å². The van der Waals surface area contributed by atoms with Crippen molar-refractivity contribution in [3.05, 3.63) is 46.2 Å². The fraction of sp³-hybridized carbons (Fsp3) is 0.429. The van der Waals surface area contributed by atoms with Crippen molar-refractivity contribution in [1.82, 2.24) is 4.72 Å². The van der Waals surface area contributed by atoms with E-state index in [1.54, 1.807) is 0 Å². The molecule has 3 N–H and O–H groups in total. The van der Waals surface area contributed by atoms with E-state index in [4.69, 9.17) is 4.42 Å². The van der Waals surface area contributed by atoms with Crippen molar-refractivity contribution in [2.75, 3.05) is 5.32 Å². The molecule has 1 aromatic carbocycles. The number of aliphatic hydroxyl groups is 1. The Balaban J connectivity index is 1.40. The Bertz CT molecular complexity index is 1160. The fourth-order valence-corrected chi connectivity index (χ4v) is 6.06. The van der Waals surface area contributed by atoms with Crippen LogP contribution in [-0.2, 0) is 40.5 Å². The monoisotopic (exact) mass is 427 g/mol. The van der Waals surface area contributed by atoms with E-state index < -0.39 is 27.6 Å². The van der Waals surface area contributed by atoms with Crippen LogP contribution in [0.2, 0.25) is 0 Å². The van der Waals surface area contributed by atoms with Crippen LogP contribution in [0.25, 0.3) is 0 Å². The van der Waals surface area contributed by atoms with Crippen LogP contribution in [-0.4, -0.2) is 25.2 Å². The van der Waals surface area contributed by atoms with Gasteiger partial charge in [0, 0.05) is 12.1 Å². The van der Waals surface area contributed by atoms with Crippen molar-refractivity contribution < 1.29 is 22.7 Å².